The van der Waals surface area contributed by atoms with Crippen LogP contribution in [0, 0.1) is 0 Å². The first-order chi connectivity index (χ1) is 22.1. The van der Waals surface area contributed by atoms with Crippen molar-refractivity contribution in [2.75, 3.05) is 0 Å². The molecule has 45 heavy (non-hydrogen) atoms. The van der Waals surface area contributed by atoms with Gasteiger partial charge in [-0.1, -0.05) is 92.7 Å². The zero-order chi connectivity index (χ0) is 29.6. The summed E-state index contributed by atoms with van der Waals surface area (Å²) in [6.45, 7) is 4.74. The van der Waals surface area contributed by atoms with Gasteiger partial charge in [-0.2, -0.15) is 0 Å². The average molecular weight is 592 g/mol. The Hall–Kier alpha value is -5.32. The fourth-order valence-corrected chi connectivity index (χ4v) is 9.56. The largest absolute Gasteiger partial charge is 0.291 e. The molecule has 0 unspecified atom stereocenters. The molecule has 4 heterocycles. The van der Waals surface area contributed by atoms with Gasteiger partial charge in [0.15, 0.2) is 5.65 Å². The zero-order valence-corrected chi connectivity index (χ0v) is 25.5. The van der Waals surface area contributed by atoms with Crippen LogP contribution in [0.25, 0.3) is 91.8 Å². The van der Waals surface area contributed by atoms with Crippen molar-refractivity contribution < 1.29 is 0 Å². The summed E-state index contributed by atoms with van der Waals surface area (Å²) in [5.74, 6) is 0. The quantitative estimate of drug-likeness (QED) is 0.190. The molecular weight excluding hydrogens is 567 g/mol. The average Bonchev–Trinajstić information content (AvgIpc) is 3.77. The maximum Gasteiger partial charge on any atom is 0.165 e. The summed E-state index contributed by atoms with van der Waals surface area (Å²) < 4.78 is 4.97. The van der Waals surface area contributed by atoms with E-state index in [1.165, 1.54) is 80.7 Å². The fourth-order valence-electron chi connectivity index (χ4n) is 8.40. The van der Waals surface area contributed by atoms with E-state index < -0.39 is 0 Å². The van der Waals surface area contributed by atoms with E-state index in [0.717, 1.165) is 22.2 Å². The molecule has 0 atom stereocenters. The molecule has 0 radical (unpaired) electrons. The second-order valence-electron chi connectivity index (χ2n) is 13.0. The molecule has 4 aromatic heterocycles. The third-order valence-electron chi connectivity index (χ3n) is 10.3. The molecule has 6 aromatic carbocycles. The minimum atomic E-state index is -0.0804. The van der Waals surface area contributed by atoms with Crippen LogP contribution >= 0.6 is 11.3 Å². The molecular formula is C41H25N3S. The Kier molecular flexibility index (Phi) is 4.29. The number of benzene rings is 6. The van der Waals surface area contributed by atoms with Crippen LogP contribution in [0.5, 0.6) is 0 Å². The monoisotopic (exact) mass is 591 g/mol. The highest BCUT2D eigenvalue weighted by molar-refractivity contribution is 7.26. The molecule has 0 aliphatic heterocycles. The van der Waals surface area contributed by atoms with Gasteiger partial charge < -0.3 is 0 Å². The molecule has 1 aliphatic carbocycles. The van der Waals surface area contributed by atoms with Crippen LogP contribution in [0.3, 0.4) is 0 Å². The van der Waals surface area contributed by atoms with Crippen LogP contribution in [0.2, 0.25) is 0 Å². The van der Waals surface area contributed by atoms with E-state index >= 15 is 0 Å². The van der Waals surface area contributed by atoms with E-state index in [9.17, 15) is 0 Å². The lowest BCUT2D eigenvalue weighted by atomic mass is 9.79. The Bertz CT molecular complexity index is 2910. The first-order valence-electron chi connectivity index (χ1n) is 15.5. The van der Waals surface area contributed by atoms with E-state index in [0.29, 0.717) is 0 Å². The molecule has 0 spiro atoms. The topological polar surface area (TPSA) is 30.2 Å². The van der Waals surface area contributed by atoms with Gasteiger partial charge in [0.2, 0.25) is 0 Å². The minimum absolute atomic E-state index is 0.0804. The summed E-state index contributed by atoms with van der Waals surface area (Å²) in [6.07, 6.45) is 0. The SMILES string of the molecule is CC1(C)c2ccccc2-c2cccc(-c3ccc4c(c3)c3cc5sc6ccccc6c5c5c6nc7ccccc7nc6n4c35)c21. The first kappa shape index (κ1) is 24.1. The second kappa shape index (κ2) is 8.03. The van der Waals surface area contributed by atoms with Crippen LogP contribution in [-0.2, 0) is 5.41 Å². The molecule has 210 valence electrons. The zero-order valence-electron chi connectivity index (χ0n) is 24.7. The molecule has 10 aromatic rings. The van der Waals surface area contributed by atoms with E-state index in [2.05, 4.69) is 121 Å². The Morgan fingerprint density at radius 2 is 1.36 bits per heavy atom. The number of thiophene rings is 1. The normalized spacial score (nSPS) is 14.2. The van der Waals surface area contributed by atoms with E-state index in [1.54, 1.807) is 0 Å². The molecule has 0 bridgehead atoms. The Balaban J connectivity index is 1.29. The lowest BCUT2D eigenvalue weighted by Gasteiger charge is -2.24. The smallest absolute Gasteiger partial charge is 0.165 e. The van der Waals surface area contributed by atoms with E-state index in [4.69, 9.17) is 9.97 Å². The second-order valence-corrected chi connectivity index (χ2v) is 14.1. The lowest BCUT2D eigenvalue weighted by molar-refractivity contribution is 0.662. The number of hydrogen-bond acceptors (Lipinski definition) is 3. The highest BCUT2D eigenvalue weighted by atomic mass is 32.1. The highest BCUT2D eigenvalue weighted by Gasteiger charge is 2.37. The molecule has 3 nitrogen and oxygen atoms in total. The number of para-hydroxylation sites is 2. The van der Waals surface area contributed by atoms with Crippen molar-refractivity contribution >= 4 is 80.9 Å². The van der Waals surface area contributed by atoms with Crippen molar-refractivity contribution in [1.82, 2.24) is 14.4 Å². The van der Waals surface area contributed by atoms with Gasteiger partial charge in [-0.3, -0.25) is 4.40 Å². The summed E-state index contributed by atoms with van der Waals surface area (Å²) in [5.41, 5.74) is 14.1. The molecule has 0 fully saturated rings. The Labute approximate surface area is 262 Å². The Morgan fingerprint density at radius 1 is 0.600 bits per heavy atom. The predicted octanol–water partition coefficient (Wildman–Crippen LogP) is 11.1. The van der Waals surface area contributed by atoms with Crippen LogP contribution in [-0.4, -0.2) is 14.4 Å². The van der Waals surface area contributed by atoms with Crippen LogP contribution in [0.4, 0.5) is 0 Å². The van der Waals surface area contributed by atoms with Gasteiger partial charge in [-0.15, -0.1) is 11.3 Å². The third kappa shape index (κ3) is 2.87. The van der Waals surface area contributed by atoms with Crippen LogP contribution in [0.1, 0.15) is 25.0 Å². The van der Waals surface area contributed by atoms with Crippen molar-refractivity contribution in [2.45, 2.75) is 19.3 Å². The van der Waals surface area contributed by atoms with Gasteiger partial charge in [-0.25, -0.2) is 9.97 Å². The lowest BCUT2D eigenvalue weighted by Crippen LogP contribution is -2.16. The molecule has 1 aliphatic rings. The number of aromatic nitrogens is 3. The Morgan fingerprint density at radius 3 is 2.27 bits per heavy atom. The predicted molar refractivity (Wildman–Crippen MR) is 190 cm³/mol. The molecule has 0 saturated heterocycles. The van der Waals surface area contributed by atoms with Crippen molar-refractivity contribution in [3.63, 3.8) is 0 Å². The number of rotatable bonds is 1. The fraction of sp³-hybridized carbons (Fsp3) is 0.0732. The summed E-state index contributed by atoms with van der Waals surface area (Å²) in [5, 5.41) is 6.31. The van der Waals surface area contributed by atoms with Crippen LogP contribution in [0.15, 0.2) is 115 Å². The molecule has 0 N–H and O–H groups in total. The summed E-state index contributed by atoms with van der Waals surface area (Å²) >= 11 is 1.87. The van der Waals surface area contributed by atoms with E-state index in [1.807, 2.05) is 23.5 Å². The molecule has 4 heteroatoms. The third-order valence-corrected chi connectivity index (χ3v) is 11.4. The molecule has 0 saturated carbocycles. The van der Waals surface area contributed by atoms with Gasteiger partial charge in [0.25, 0.3) is 0 Å². The van der Waals surface area contributed by atoms with Gasteiger partial charge >= 0.3 is 0 Å². The number of nitrogens with zero attached hydrogens (tertiary/aromatic N) is 3. The van der Waals surface area contributed by atoms with Gasteiger partial charge in [0, 0.05) is 41.7 Å². The summed E-state index contributed by atoms with van der Waals surface area (Å²) in [7, 11) is 0. The van der Waals surface area contributed by atoms with Crippen LogP contribution < -0.4 is 0 Å². The maximum absolute atomic E-state index is 5.27. The van der Waals surface area contributed by atoms with Crippen molar-refractivity contribution in [3.8, 4) is 22.3 Å². The van der Waals surface area contributed by atoms with Gasteiger partial charge in [-0.05, 0) is 69.8 Å². The van der Waals surface area contributed by atoms with Crippen molar-refractivity contribution in [2.24, 2.45) is 0 Å². The summed E-state index contributed by atoms with van der Waals surface area (Å²) in [4.78, 5) is 10.5. The van der Waals surface area contributed by atoms with Crippen molar-refractivity contribution in [3.05, 3.63) is 126 Å². The van der Waals surface area contributed by atoms with Gasteiger partial charge in [0.1, 0.15) is 5.52 Å². The van der Waals surface area contributed by atoms with Gasteiger partial charge in [0.05, 0.1) is 22.1 Å². The highest BCUT2D eigenvalue weighted by Crippen LogP contribution is 2.53. The molecule has 0 amide bonds. The first-order valence-corrected chi connectivity index (χ1v) is 16.3. The van der Waals surface area contributed by atoms with Crippen molar-refractivity contribution in [1.29, 1.82) is 0 Å². The standard InChI is InChI=1S/C41H25N3S/c1-41(2)29-14-5-3-10-24(29)25-13-9-12-23(37(25)41)22-18-19-32-27(20-22)28-21-34-35(26-11-4-8-17-33(26)45-34)36-38-40(44(32)39(28)36)43-31-16-7-6-15-30(31)42-38/h3-21H,1-2H3. The maximum atomic E-state index is 5.27. The van der Waals surface area contributed by atoms with E-state index in [-0.39, 0.29) is 5.41 Å². The minimum Gasteiger partial charge on any atom is -0.291 e. The molecule has 11 rings (SSSR count). The number of fused-ring (bicyclic) bond motifs is 14. The summed E-state index contributed by atoms with van der Waals surface area (Å²) in [6, 6.07) is 42.2. The number of hydrogen-bond donors (Lipinski definition) is 0.